The van der Waals surface area contributed by atoms with Gasteiger partial charge >= 0.3 is 0 Å². The fourth-order valence-corrected chi connectivity index (χ4v) is 0.260. The molecule has 1 heteroatoms. The molecule has 0 bridgehead atoms. The van der Waals surface area contributed by atoms with Crippen LogP contribution in [0, 0.1) is 0 Å². The molecule has 0 aliphatic carbocycles. The van der Waals surface area contributed by atoms with E-state index >= 15 is 0 Å². The lowest BCUT2D eigenvalue weighted by Gasteiger charge is -1.80. The van der Waals surface area contributed by atoms with Crippen LogP contribution in [0.25, 0.3) is 0 Å². The van der Waals surface area contributed by atoms with E-state index in [1.165, 1.54) is 0 Å². The third-order valence-corrected chi connectivity index (χ3v) is 0.709. The summed E-state index contributed by atoms with van der Waals surface area (Å²) in [7, 11) is 0. The van der Waals surface area contributed by atoms with Crippen molar-refractivity contribution < 1.29 is 4.79 Å². The van der Waals surface area contributed by atoms with Gasteiger partial charge < -0.3 is 4.79 Å². The van der Waals surface area contributed by atoms with Crippen molar-refractivity contribution in [3.8, 4) is 0 Å². The van der Waals surface area contributed by atoms with E-state index in [4.69, 9.17) is 4.79 Å². The lowest BCUT2D eigenvalue weighted by Crippen LogP contribution is -1.59. The van der Waals surface area contributed by atoms with Crippen LogP contribution in [0.15, 0.2) is 49.6 Å². The van der Waals surface area contributed by atoms with Crippen molar-refractivity contribution in [1.82, 2.24) is 0 Å². The molecule has 0 saturated carbocycles. The minimum absolute atomic E-state index is 0.907. The molecule has 0 spiro atoms. The van der Waals surface area contributed by atoms with Gasteiger partial charge in [-0.3, -0.25) is 0 Å². The maximum Gasteiger partial charge on any atom is 0.106 e. The van der Waals surface area contributed by atoms with Crippen LogP contribution < -0.4 is 0 Å². The van der Waals surface area contributed by atoms with Gasteiger partial charge in [-0.15, -0.1) is 0 Å². The molecule has 0 heterocycles. The zero-order chi connectivity index (χ0) is 8.41. The predicted octanol–water partition coefficient (Wildman–Crippen LogP) is 2.29. The van der Waals surface area contributed by atoms with Gasteiger partial charge in [0.25, 0.3) is 0 Å². The number of carbonyl (C=O) groups is 1. The Morgan fingerprint density at radius 2 is 1.70 bits per heavy atom. The van der Waals surface area contributed by atoms with Crippen LogP contribution in [0.2, 0.25) is 0 Å². The van der Waals surface area contributed by atoms with Crippen molar-refractivity contribution in [2.75, 3.05) is 0 Å². The average Bonchev–Trinajstić information content (AvgIpc) is 2.04. The summed E-state index contributed by atoms with van der Waals surface area (Å²) in [5.41, 5.74) is 0.907. The van der Waals surface area contributed by atoms with Gasteiger partial charge in [0.1, 0.15) is 6.79 Å². The second-order valence-electron chi connectivity index (χ2n) is 1.37. The fourth-order valence-electron chi connectivity index (χ4n) is 0.260. The lowest BCUT2D eigenvalue weighted by atomic mass is 10.3. The zero-order valence-electron chi connectivity index (χ0n) is 6.05. The first kappa shape index (κ1) is 11.4. The SMILES string of the molecule is C=C/C=C\C(=C)C=C.C=O. The van der Waals surface area contributed by atoms with Crippen molar-refractivity contribution in [3.63, 3.8) is 0 Å². The smallest absolute Gasteiger partial charge is 0.106 e. The summed E-state index contributed by atoms with van der Waals surface area (Å²) < 4.78 is 0. The zero-order valence-corrected chi connectivity index (χ0v) is 6.05. The highest BCUT2D eigenvalue weighted by atomic mass is 16.1. The first-order valence-corrected chi connectivity index (χ1v) is 2.70. The third kappa shape index (κ3) is 9.80. The predicted molar refractivity (Wildman–Crippen MR) is 45.8 cm³/mol. The molecule has 0 aromatic heterocycles. The molecule has 0 rings (SSSR count). The Kier molecular flexibility index (Phi) is 12.1. The van der Waals surface area contributed by atoms with Crippen molar-refractivity contribution in [2.24, 2.45) is 0 Å². The molecule has 0 aliphatic heterocycles. The molecule has 10 heavy (non-hydrogen) atoms. The average molecular weight is 136 g/mol. The van der Waals surface area contributed by atoms with E-state index in [2.05, 4.69) is 19.7 Å². The molecule has 54 valence electrons. The second kappa shape index (κ2) is 10.6. The Hall–Kier alpha value is -1.37. The van der Waals surface area contributed by atoms with Crippen LogP contribution in [-0.2, 0) is 4.79 Å². The normalized spacial score (nSPS) is 7.60. The number of rotatable bonds is 3. The quantitative estimate of drug-likeness (QED) is 0.544. The van der Waals surface area contributed by atoms with Crippen molar-refractivity contribution in [1.29, 1.82) is 0 Å². The highest BCUT2D eigenvalue weighted by Crippen LogP contribution is 1.91. The van der Waals surface area contributed by atoms with E-state index in [1.807, 2.05) is 18.9 Å². The number of hydrogen-bond donors (Lipinski definition) is 0. The topological polar surface area (TPSA) is 17.1 Å². The molecule has 0 radical (unpaired) electrons. The Morgan fingerprint density at radius 1 is 1.20 bits per heavy atom. The maximum absolute atomic E-state index is 8.00. The summed E-state index contributed by atoms with van der Waals surface area (Å²) in [4.78, 5) is 8.00. The highest BCUT2D eigenvalue weighted by Gasteiger charge is 1.70. The van der Waals surface area contributed by atoms with Crippen LogP contribution >= 0.6 is 0 Å². The minimum atomic E-state index is 0.907. The second-order valence-corrected chi connectivity index (χ2v) is 1.37. The lowest BCUT2D eigenvalue weighted by molar-refractivity contribution is -0.0979. The fraction of sp³-hybridized carbons (Fsp3) is 0. The summed E-state index contributed by atoms with van der Waals surface area (Å²) in [6.45, 7) is 12.7. The van der Waals surface area contributed by atoms with Crippen molar-refractivity contribution >= 4 is 6.79 Å². The van der Waals surface area contributed by atoms with E-state index in [0.29, 0.717) is 0 Å². The molecule has 0 aliphatic rings. The van der Waals surface area contributed by atoms with Gasteiger partial charge in [0.2, 0.25) is 0 Å². The van der Waals surface area contributed by atoms with E-state index in [9.17, 15) is 0 Å². The van der Waals surface area contributed by atoms with Crippen LogP contribution in [0.5, 0.6) is 0 Å². The number of hydrogen-bond acceptors (Lipinski definition) is 1. The van der Waals surface area contributed by atoms with Gasteiger partial charge in [-0.05, 0) is 5.57 Å². The van der Waals surface area contributed by atoms with Crippen molar-refractivity contribution in [3.05, 3.63) is 49.6 Å². The van der Waals surface area contributed by atoms with Crippen molar-refractivity contribution in [2.45, 2.75) is 0 Å². The van der Waals surface area contributed by atoms with Crippen LogP contribution in [0.1, 0.15) is 0 Å². The summed E-state index contributed by atoms with van der Waals surface area (Å²) in [5, 5.41) is 0. The molecule has 0 amide bonds. The first-order valence-electron chi connectivity index (χ1n) is 2.70. The van der Waals surface area contributed by atoms with E-state index in [-0.39, 0.29) is 0 Å². The summed E-state index contributed by atoms with van der Waals surface area (Å²) in [6.07, 6.45) is 7.07. The molecule has 0 unspecified atom stereocenters. The Bertz CT molecular complexity index is 143. The van der Waals surface area contributed by atoms with Gasteiger partial charge in [0.15, 0.2) is 0 Å². The Morgan fingerprint density at radius 3 is 2.00 bits per heavy atom. The van der Waals surface area contributed by atoms with Crippen LogP contribution in [0.3, 0.4) is 0 Å². The Balaban J connectivity index is 0. The molecule has 0 atom stereocenters. The molecule has 0 aromatic rings. The van der Waals surface area contributed by atoms with E-state index in [0.717, 1.165) is 5.57 Å². The first-order chi connectivity index (χ1) is 4.81. The molecule has 0 N–H and O–H groups in total. The molecule has 0 fully saturated rings. The number of carbonyl (C=O) groups excluding carboxylic acids is 1. The minimum Gasteiger partial charge on any atom is -0.307 e. The molecule has 1 nitrogen and oxygen atoms in total. The Labute approximate surface area is 62.1 Å². The van der Waals surface area contributed by atoms with Gasteiger partial charge in [-0.2, -0.15) is 0 Å². The van der Waals surface area contributed by atoms with E-state index < -0.39 is 0 Å². The standard InChI is InChI=1S/C8H10.CH2O/c1-4-6-7-8(3)5-2;1-2/h4-7H,1-3H2;1H2/b7-6-;. The van der Waals surface area contributed by atoms with Gasteiger partial charge in [-0.25, -0.2) is 0 Å². The third-order valence-electron chi connectivity index (χ3n) is 0.709. The summed E-state index contributed by atoms with van der Waals surface area (Å²) in [6, 6.07) is 0. The number of allylic oxidation sites excluding steroid dienone is 5. The van der Waals surface area contributed by atoms with E-state index in [1.54, 1.807) is 12.2 Å². The van der Waals surface area contributed by atoms with Gasteiger partial charge in [0, 0.05) is 0 Å². The summed E-state index contributed by atoms with van der Waals surface area (Å²) >= 11 is 0. The molecular formula is C9H12O. The van der Waals surface area contributed by atoms with Crippen LogP contribution in [-0.4, -0.2) is 6.79 Å². The van der Waals surface area contributed by atoms with Gasteiger partial charge in [0.05, 0.1) is 0 Å². The highest BCUT2D eigenvalue weighted by molar-refractivity contribution is 5.27. The van der Waals surface area contributed by atoms with Crippen LogP contribution in [0.4, 0.5) is 0 Å². The molecular weight excluding hydrogens is 124 g/mol. The maximum atomic E-state index is 8.00. The summed E-state index contributed by atoms with van der Waals surface area (Å²) in [5.74, 6) is 0. The largest absolute Gasteiger partial charge is 0.307 e. The monoisotopic (exact) mass is 136 g/mol. The van der Waals surface area contributed by atoms with Gasteiger partial charge in [-0.1, -0.05) is 44.0 Å². The molecule has 0 saturated heterocycles. The molecule has 0 aromatic carbocycles.